The van der Waals surface area contributed by atoms with Crippen molar-refractivity contribution in [3.05, 3.63) is 24.0 Å². The van der Waals surface area contributed by atoms with Crippen LogP contribution in [-0.4, -0.2) is 44.7 Å². The summed E-state index contributed by atoms with van der Waals surface area (Å²) >= 11 is 0. The summed E-state index contributed by atoms with van der Waals surface area (Å²) in [6.45, 7) is 4.14. The fraction of sp³-hybridized carbons (Fsp3) is 0.571. The highest BCUT2D eigenvalue weighted by Crippen LogP contribution is 2.13. The molecule has 0 bridgehead atoms. The minimum atomic E-state index is -0.115. The molecule has 19 heavy (non-hydrogen) atoms. The van der Waals surface area contributed by atoms with Crippen LogP contribution in [0.25, 0.3) is 0 Å². The number of hydrogen-bond donors (Lipinski definition) is 1. The van der Waals surface area contributed by atoms with Gasteiger partial charge in [0.1, 0.15) is 0 Å². The van der Waals surface area contributed by atoms with Gasteiger partial charge in [-0.1, -0.05) is 13.3 Å². The smallest absolute Gasteiger partial charge is 0.253 e. The SMILES string of the molecule is CCCCN(C)c1cncc(C(=O)NCCOC)c1. The van der Waals surface area contributed by atoms with E-state index in [-0.39, 0.29) is 5.91 Å². The molecule has 0 saturated carbocycles. The monoisotopic (exact) mass is 265 g/mol. The third kappa shape index (κ3) is 5.26. The summed E-state index contributed by atoms with van der Waals surface area (Å²) in [7, 11) is 3.62. The van der Waals surface area contributed by atoms with Gasteiger partial charge in [-0.3, -0.25) is 9.78 Å². The van der Waals surface area contributed by atoms with Crippen LogP contribution in [0.5, 0.6) is 0 Å². The Morgan fingerprint density at radius 3 is 2.95 bits per heavy atom. The molecular formula is C14H23N3O2. The number of aromatic nitrogens is 1. The molecule has 5 heteroatoms. The number of nitrogens with one attached hydrogen (secondary N) is 1. The highest BCUT2D eigenvalue weighted by Gasteiger charge is 2.08. The third-order valence-corrected chi connectivity index (χ3v) is 2.87. The summed E-state index contributed by atoms with van der Waals surface area (Å²) < 4.78 is 4.90. The van der Waals surface area contributed by atoms with E-state index in [4.69, 9.17) is 4.74 Å². The van der Waals surface area contributed by atoms with Crippen molar-refractivity contribution in [2.24, 2.45) is 0 Å². The van der Waals surface area contributed by atoms with E-state index >= 15 is 0 Å². The molecule has 0 aliphatic carbocycles. The largest absolute Gasteiger partial charge is 0.383 e. The van der Waals surface area contributed by atoms with Gasteiger partial charge in [0, 0.05) is 33.4 Å². The number of methoxy groups -OCH3 is 1. The van der Waals surface area contributed by atoms with Crippen LogP contribution in [0.1, 0.15) is 30.1 Å². The maximum atomic E-state index is 11.9. The Bertz CT molecular complexity index is 396. The van der Waals surface area contributed by atoms with Crippen molar-refractivity contribution in [3.63, 3.8) is 0 Å². The maximum Gasteiger partial charge on any atom is 0.253 e. The van der Waals surface area contributed by atoms with Crippen LogP contribution in [0.2, 0.25) is 0 Å². The summed E-state index contributed by atoms with van der Waals surface area (Å²) in [5, 5.41) is 2.79. The van der Waals surface area contributed by atoms with Crippen LogP contribution < -0.4 is 10.2 Å². The summed E-state index contributed by atoms with van der Waals surface area (Å²) in [5.41, 5.74) is 1.55. The molecule has 0 aliphatic heterocycles. The van der Waals surface area contributed by atoms with E-state index in [9.17, 15) is 4.79 Å². The lowest BCUT2D eigenvalue weighted by atomic mass is 10.2. The first-order valence-corrected chi connectivity index (χ1v) is 6.62. The molecule has 0 radical (unpaired) electrons. The zero-order valence-corrected chi connectivity index (χ0v) is 12.0. The van der Waals surface area contributed by atoms with Gasteiger partial charge < -0.3 is 15.0 Å². The number of nitrogens with zero attached hydrogens (tertiary/aromatic N) is 2. The fourth-order valence-corrected chi connectivity index (χ4v) is 1.65. The van der Waals surface area contributed by atoms with Gasteiger partial charge in [0.15, 0.2) is 0 Å². The average Bonchev–Trinajstić information content (AvgIpc) is 2.45. The van der Waals surface area contributed by atoms with E-state index in [1.54, 1.807) is 19.5 Å². The number of rotatable bonds is 8. The minimum absolute atomic E-state index is 0.115. The Kier molecular flexibility index (Phi) is 6.89. The predicted octanol–water partition coefficient (Wildman–Crippen LogP) is 1.69. The second kappa shape index (κ2) is 8.48. The summed E-state index contributed by atoms with van der Waals surface area (Å²) in [5.74, 6) is -0.115. The number of hydrogen-bond acceptors (Lipinski definition) is 4. The quantitative estimate of drug-likeness (QED) is 0.727. The highest BCUT2D eigenvalue weighted by molar-refractivity contribution is 5.94. The Morgan fingerprint density at radius 1 is 1.47 bits per heavy atom. The van der Waals surface area contributed by atoms with Gasteiger partial charge in [-0.05, 0) is 12.5 Å². The van der Waals surface area contributed by atoms with E-state index in [1.807, 2.05) is 13.1 Å². The van der Waals surface area contributed by atoms with E-state index in [2.05, 4.69) is 22.1 Å². The van der Waals surface area contributed by atoms with E-state index in [0.717, 1.165) is 25.1 Å². The summed E-state index contributed by atoms with van der Waals surface area (Å²) in [6, 6.07) is 1.87. The molecule has 0 spiro atoms. The molecule has 0 unspecified atom stereocenters. The van der Waals surface area contributed by atoms with Crippen molar-refractivity contribution in [2.75, 3.05) is 38.8 Å². The number of pyridine rings is 1. The van der Waals surface area contributed by atoms with Crippen molar-refractivity contribution >= 4 is 11.6 Å². The predicted molar refractivity (Wildman–Crippen MR) is 76.6 cm³/mol. The van der Waals surface area contributed by atoms with Gasteiger partial charge >= 0.3 is 0 Å². The van der Waals surface area contributed by atoms with E-state index in [1.165, 1.54) is 0 Å². The van der Waals surface area contributed by atoms with Gasteiger partial charge in [0.2, 0.25) is 0 Å². The molecule has 0 saturated heterocycles. The highest BCUT2D eigenvalue weighted by atomic mass is 16.5. The molecule has 0 fully saturated rings. The van der Waals surface area contributed by atoms with Crippen LogP contribution in [0, 0.1) is 0 Å². The molecule has 5 nitrogen and oxygen atoms in total. The molecule has 0 aliphatic rings. The fourth-order valence-electron chi connectivity index (χ4n) is 1.65. The molecule has 106 valence electrons. The number of anilines is 1. The first-order valence-electron chi connectivity index (χ1n) is 6.62. The van der Waals surface area contributed by atoms with Crippen LogP contribution in [0.4, 0.5) is 5.69 Å². The van der Waals surface area contributed by atoms with Gasteiger partial charge in [-0.15, -0.1) is 0 Å². The Hall–Kier alpha value is -1.62. The normalized spacial score (nSPS) is 10.3. The number of unbranched alkanes of at least 4 members (excludes halogenated alkanes) is 1. The van der Waals surface area contributed by atoms with Crippen molar-refractivity contribution in [1.29, 1.82) is 0 Å². The molecule has 1 heterocycles. The Balaban J connectivity index is 2.62. The lowest BCUT2D eigenvalue weighted by Gasteiger charge is -2.19. The van der Waals surface area contributed by atoms with Crippen molar-refractivity contribution in [3.8, 4) is 0 Å². The van der Waals surface area contributed by atoms with Crippen LogP contribution >= 0.6 is 0 Å². The average molecular weight is 265 g/mol. The summed E-state index contributed by atoms with van der Waals surface area (Å²) in [4.78, 5) is 18.1. The zero-order valence-electron chi connectivity index (χ0n) is 12.0. The first-order chi connectivity index (χ1) is 9.19. The molecule has 1 N–H and O–H groups in total. The van der Waals surface area contributed by atoms with Gasteiger partial charge in [-0.2, -0.15) is 0 Å². The molecular weight excluding hydrogens is 242 g/mol. The maximum absolute atomic E-state index is 11.9. The van der Waals surface area contributed by atoms with Crippen LogP contribution in [0.3, 0.4) is 0 Å². The molecule has 0 atom stereocenters. The Morgan fingerprint density at radius 2 is 2.26 bits per heavy atom. The minimum Gasteiger partial charge on any atom is -0.383 e. The molecule has 1 aromatic rings. The molecule has 1 rings (SSSR count). The number of carbonyl (C=O) groups excluding carboxylic acids is 1. The van der Waals surface area contributed by atoms with E-state index < -0.39 is 0 Å². The third-order valence-electron chi connectivity index (χ3n) is 2.87. The van der Waals surface area contributed by atoms with Gasteiger partial charge in [-0.25, -0.2) is 0 Å². The van der Waals surface area contributed by atoms with Crippen LogP contribution in [-0.2, 0) is 4.74 Å². The van der Waals surface area contributed by atoms with Gasteiger partial charge in [0.25, 0.3) is 5.91 Å². The Labute approximate surface area is 115 Å². The van der Waals surface area contributed by atoms with Crippen molar-refractivity contribution in [2.45, 2.75) is 19.8 Å². The summed E-state index contributed by atoms with van der Waals surface area (Å²) in [6.07, 6.45) is 5.64. The molecule has 0 aromatic carbocycles. The molecule has 1 aromatic heterocycles. The lowest BCUT2D eigenvalue weighted by Crippen LogP contribution is -2.27. The molecule has 1 amide bonds. The second-order valence-corrected chi connectivity index (χ2v) is 4.46. The van der Waals surface area contributed by atoms with Crippen molar-refractivity contribution in [1.82, 2.24) is 10.3 Å². The van der Waals surface area contributed by atoms with Crippen molar-refractivity contribution < 1.29 is 9.53 Å². The number of ether oxygens (including phenoxy) is 1. The van der Waals surface area contributed by atoms with Gasteiger partial charge in [0.05, 0.1) is 24.1 Å². The number of carbonyl (C=O) groups is 1. The second-order valence-electron chi connectivity index (χ2n) is 4.46. The lowest BCUT2D eigenvalue weighted by molar-refractivity contribution is 0.0937. The van der Waals surface area contributed by atoms with Crippen LogP contribution in [0.15, 0.2) is 18.5 Å². The topological polar surface area (TPSA) is 54.5 Å². The standard InChI is InChI=1S/C14H23N3O2/c1-4-5-7-17(2)13-9-12(10-15-11-13)14(18)16-6-8-19-3/h9-11H,4-8H2,1-3H3,(H,16,18). The van der Waals surface area contributed by atoms with E-state index in [0.29, 0.717) is 18.7 Å². The zero-order chi connectivity index (χ0) is 14.1. The first kappa shape index (κ1) is 15.4. The number of amides is 1.